The molecule has 0 bridgehead atoms. The van der Waals surface area contributed by atoms with Gasteiger partial charge in [0.05, 0.1) is 0 Å². The number of aromatic nitrogens is 1. The zero-order chi connectivity index (χ0) is 12.3. The van der Waals surface area contributed by atoms with E-state index in [2.05, 4.69) is 29.4 Å². The quantitative estimate of drug-likeness (QED) is 0.876. The predicted octanol–water partition coefficient (Wildman–Crippen LogP) is 3.14. The number of furan rings is 1. The van der Waals surface area contributed by atoms with E-state index in [9.17, 15) is 0 Å². The SMILES string of the molecule is Cc1cc(C(C)NCc2cccnc2)c(C)o1. The second kappa shape index (κ2) is 5.15. The molecule has 1 atom stereocenters. The summed E-state index contributed by atoms with van der Waals surface area (Å²) in [6, 6.07) is 6.40. The monoisotopic (exact) mass is 230 g/mol. The third-order valence-electron chi connectivity index (χ3n) is 2.88. The van der Waals surface area contributed by atoms with E-state index >= 15 is 0 Å². The van der Waals surface area contributed by atoms with Crippen LogP contribution in [-0.2, 0) is 6.54 Å². The van der Waals surface area contributed by atoms with Crippen molar-refractivity contribution < 1.29 is 4.42 Å². The molecular formula is C14H18N2O. The summed E-state index contributed by atoms with van der Waals surface area (Å²) in [5.41, 5.74) is 2.42. The first kappa shape index (κ1) is 11.9. The Labute approximate surface area is 102 Å². The number of rotatable bonds is 4. The van der Waals surface area contributed by atoms with Crippen molar-refractivity contribution in [3.05, 3.63) is 53.2 Å². The fourth-order valence-electron chi connectivity index (χ4n) is 1.96. The van der Waals surface area contributed by atoms with Crippen molar-refractivity contribution in [3.8, 4) is 0 Å². The van der Waals surface area contributed by atoms with Gasteiger partial charge < -0.3 is 9.73 Å². The van der Waals surface area contributed by atoms with Crippen LogP contribution >= 0.6 is 0 Å². The Bertz CT molecular complexity index is 476. The molecule has 2 aromatic heterocycles. The minimum absolute atomic E-state index is 0.285. The highest BCUT2D eigenvalue weighted by molar-refractivity contribution is 5.23. The van der Waals surface area contributed by atoms with Gasteiger partial charge in [0.15, 0.2) is 0 Å². The molecule has 0 aliphatic rings. The molecule has 0 saturated carbocycles. The van der Waals surface area contributed by atoms with E-state index in [4.69, 9.17) is 4.42 Å². The second-order valence-corrected chi connectivity index (χ2v) is 4.33. The number of nitrogens with one attached hydrogen (secondary N) is 1. The van der Waals surface area contributed by atoms with Gasteiger partial charge in [-0.05, 0) is 38.5 Å². The number of hydrogen-bond donors (Lipinski definition) is 1. The Morgan fingerprint density at radius 3 is 2.82 bits per heavy atom. The molecule has 3 heteroatoms. The van der Waals surface area contributed by atoms with Crippen molar-refractivity contribution in [1.29, 1.82) is 0 Å². The highest BCUT2D eigenvalue weighted by Crippen LogP contribution is 2.21. The van der Waals surface area contributed by atoms with Crippen LogP contribution in [-0.4, -0.2) is 4.98 Å². The Kier molecular flexibility index (Phi) is 3.59. The van der Waals surface area contributed by atoms with Crippen LogP contribution in [0.25, 0.3) is 0 Å². The van der Waals surface area contributed by atoms with E-state index in [-0.39, 0.29) is 6.04 Å². The number of nitrogens with zero attached hydrogens (tertiary/aromatic N) is 1. The van der Waals surface area contributed by atoms with E-state index < -0.39 is 0 Å². The fourth-order valence-corrected chi connectivity index (χ4v) is 1.96. The molecule has 0 aliphatic heterocycles. The van der Waals surface area contributed by atoms with E-state index in [1.165, 1.54) is 11.1 Å². The lowest BCUT2D eigenvalue weighted by Crippen LogP contribution is -2.18. The van der Waals surface area contributed by atoms with Crippen LogP contribution in [0.4, 0.5) is 0 Å². The second-order valence-electron chi connectivity index (χ2n) is 4.33. The lowest BCUT2D eigenvalue weighted by molar-refractivity contribution is 0.489. The largest absolute Gasteiger partial charge is 0.466 e. The summed E-state index contributed by atoms with van der Waals surface area (Å²) in [6.45, 7) is 6.95. The third-order valence-corrected chi connectivity index (χ3v) is 2.88. The molecule has 0 saturated heterocycles. The van der Waals surface area contributed by atoms with Crippen molar-refractivity contribution in [2.24, 2.45) is 0 Å². The van der Waals surface area contributed by atoms with Gasteiger partial charge in [-0.15, -0.1) is 0 Å². The van der Waals surface area contributed by atoms with E-state index in [1.54, 1.807) is 6.20 Å². The highest BCUT2D eigenvalue weighted by Gasteiger charge is 2.11. The van der Waals surface area contributed by atoms with Crippen LogP contribution in [0.2, 0.25) is 0 Å². The van der Waals surface area contributed by atoms with E-state index in [1.807, 2.05) is 26.1 Å². The minimum Gasteiger partial charge on any atom is -0.466 e. The van der Waals surface area contributed by atoms with Crippen molar-refractivity contribution in [2.75, 3.05) is 0 Å². The van der Waals surface area contributed by atoms with E-state index in [0.717, 1.165) is 18.1 Å². The Morgan fingerprint density at radius 2 is 2.24 bits per heavy atom. The first-order valence-corrected chi connectivity index (χ1v) is 5.86. The molecule has 0 radical (unpaired) electrons. The topological polar surface area (TPSA) is 38.1 Å². The number of aryl methyl sites for hydroxylation is 2. The molecule has 0 spiro atoms. The smallest absolute Gasteiger partial charge is 0.105 e. The molecule has 3 nitrogen and oxygen atoms in total. The van der Waals surface area contributed by atoms with Gasteiger partial charge in [0.1, 0.15) is 11.5 Å². The molecule has 2 rings (SSSR count). The maximum Gasteiger partial charge on any atom is 0.105 e. The first-order valence-electron chi connectivity index (χ1n) is 5.86. The van der Waals surface area contributed by atoms with Crippen LogP contribution in [0.5, 0.6) is 0 Å². The van der Waals surface area contributed by atoms with Gasteiger partial charge in [-0.3, -0.25) is 4.98 Å². The molecule has 1 unspecified atom stereocenters. The zero-order valence-electron chi connectivity index (χ0n) is 10.5. The third kappa shape index (κ3) is 2.94. The molecule has 0 aromatic carbocycles. The lowest BCUT2D eigenvalue weighted by atomic mass is 10.1. The number of pyridine rings is 1. The van der Waals surface area contributed by atoms with Crippen molar-refractivity contribution in [2.45, 2.75) is 33.4 Å². The van der Waals surface area contributed by atoms with Crippen LogP contribution in [0.3, 0.4) is 0 Å². The molecule has 90 valence electrons. The summed E-state index contributed by atoms with van der Waals surface area (Å²) in [5, 5.41) is 3.47. The van der Waals surface area contributed by atoms with Crippen LogP contribution in [0.15, 0.2) is 35.0 Å². The van der Waals surface area contributed by atoms with Crippen LogP contribution in [0.1, 0.15) is 35.6 Å². The van der Waals surface area contributed by atoms with Gasteiger partial charge in [-0.1, -0.05) is 6.07 Å². The van der Waals surface area contributed by atoms with Gasteiger partial charge in [0.25, 0.3) is 0 Å². The Morgan fingerprint density at radius 1 is 1.41 bits per heavy atom. The Hall–Kier alpha value is -1.61. The van der Waals surface area contributed by atoms with E-state index in [0.29, 0.717) is 0 Å². The van der Waals surface area contributed by atoms with Crippen LogP contribution in [0, 0.1) is 13.8 Å². The standard InChI is InChI=1S/C14H18N2O/c1-10-7-14(12(3)17-10)11(2)16-9-13-5-4-6-15-8-13/h4-8,11,16H,9H2,1-3H3. The first-order chi connectivity index (χ1) is 8.16. The van der Waals surface area contributed by atoms with Gasteiger partial charge in [-0.25, -0.2) is 0 Å². The molecule has 2 heterocycles. The molecule has 1 N–H and O–H groups in total. The van der Waals surface area contributed by atoms with Gasteiger partial charge >= 0.3 is 0 Å². The minimum atomic E-state index is 0.285. The van der Waals surface area contributed by atoms with Gasteiger partial charge in [0, 0.05) is 30.5 Å². The maximum absolute atomic E-state index is 5.54. The normalized spacial score (nSPS) is 12.6. The highest BCUT2D eigenvalue weighted by atomic mass is 16.3. The van der Waals surface area contributed by atoms with Gasteiger partial charge in [-0.2, -0.15) is 0 Å². The zero-order valence-corrected chi connectivity index (χ0v) is 10.5. The molecule has 0 amide bonds. The number of hydrogen-bond acceptors (Lipinski definition) is 3. The summed E-state index contributed by atoms with van der Waals surface area (Å²) >= 11 is 0. The van der Waals surface area contributed by atoms with Crippen molar-refractivity contribution in [3.63, 3.8) is 0 Å². The van der Waals surface area contributed by atoms with Crippen LogP contribution < -0.4 is 5.32 Å². The van der Waals surface area contributed by atoms with Crippen molar-refractivity contribution >= 4 is 0 Å². The predicted molar refractivity (Wildman–Crippen MR) is 67.7 cm³/mol. The summed E-state index contributed by atoms with van der Waals surface area (Å²) in [5.74, 6) is 1.96. The molecular weight excluding hydrogens is 212 g/mol. The summed E-state index contributed by atoms with van der Waals surface area (Å²) in [4.78, 5) is 4.10. The lowest BCUT2D eigenvalue weighted by Gasteiger charge is -2.12. The summed E-state index contributed by atoms with van der Waals surface area (Å²) < 4.78 is 5.54. The maximum atomic E-state index is 5.54. The van der Waals surface area contributed by atoms with Crippen molar-refractivity contribution in [1.82, 2.24) is 10.3 Å². The summed E-state index contributed by atoms with van der Waals surface area (Å²) in [6.07, 6.45) is 3.67. The Balaban J connectivity index is 1.98. The average molecular weight is 230 g/mol. The average Bonchev–Trinajstić information content (AvgIpc) is 2.67. The fraction of sp³-hybridized carbons (Fsp3) is 0.357. The molecule has 0 fully saturated rings. The summed E-state index contributed by atoms with van der Waals surface area (Å²) in [7, 11) is 0. The van der Waals surface area contributed by atoms with Gasteiger partial charge in [0.2, 0.25) is 0 Å². The molecule has 2 aromatic rings. The molecule has 17 heavy (non-hydrogen) atoms. The molecule has 0 aliphatic carbocycles.